The van der Waals surface area contributed by atoms with Crippen LogP contribution in [-0.4, -0.2) is 55.3 Å². The van der Waals surface area contributed by atoms with Crippen molar-refractivity contribution in [2.45, 2.75) is 58.3 Å². The molecular weight excluding hydrogens is 522 g/mol. The number of hydrogen-bond donors (Lipinski definition) is 2. The molecule has 2 aromatic carbocycles. The van der Waals surface area contributed by atoms with Gasteiger partial charge in [0, 0.05) is 24.7 Å². The number of aliphatic hydroxyl groups is 1. The highest BCUT2D eigenvalue weighted by molar-refractivity contribution is 7.13. The summed E-state index contributed by atoms with van der Waals surface area (Å²) in [5, 5.41) is 18.1. The van der Waals surface area contributed by atoms with Crippen LogP contribution in [0.2, 0.25) is 0 Å². The van der Waals surface area contributed by atoms with Gasteiger partial charge in [-0.15, -0.1) is 11.3 Å². The summed E-state index contributed by atoms with van der Waals surface area (Å²) in [4.78, 5) is 34.3. The van der Waals surface area contributed by atoms with E-state index in [1.165, 1.54) is 4.90 Å². The lowest BCUT2D eigenvalue weighted by Crippen LogP contribution is -2.49. The second-order valence-corrected chi connectivity index (χ2v) is 11.6. The molecule has 208 valence electrons. The Morgan fingerprint density at radius 1 is 1.02 bits per heavy atom. The maximum absolute atomic E-state index is 13.9. The number of amides is 2. The topological polar surface area (TPSA) is 100 Å². The molecule has 0 aliphatic carbocycles. The van der Waals surface area contributed by atoms with Crippen molar-refractivity contribution >= 4 is 23.2 Å². The van der Waals surface area contributed by atoms with E-state index in [0.717, 1.165) is 32.8 Å². The van der Waals surface area contributed by atoms with Crippen molar-refractivity contribution in [2.75, 3.05) is 6.54 Å². The number of carbonyl (C=O) groups excluding carboxylic acids is 2. The first kappa shape index (κ1) is 27.7. The van der Waals surface area contributed by atoms with Crippen LogP contribution in [0.3, 0.4) is 0 Å². The minimum atomic E-state index is -0.762. The molecule has 0 spiro atoms. The van der Waals surface area contributed by atoms with E-state index >= 15 is 0 Å². The van der Waals surface area contributed by atoms with Crippen molar-refractivity contribution in [3.8, 4) is 21.6 Å². The summed E-state index contributed by atoms with van der Waals surface area (Å²) in [5.41, 5.74) is 6.81. The maximum Gasteiger partial charge on any atom is 0.248 e. The van der Waals surface area contributed by atoms with Crippen LogP contribution < -0.4 is 5.32 Å². The minimum Gasteiger partial charge on any atom is -0.391 e. The van der Waals surface area contributed by atoms with E-state index in [4.69, 9.17) is 0 Å². The summed E-state index contributed by atoms with van der Waals surface area (Å²) in [6.45, 7) is 7.96. The van der Waals surface area contributed by atoms with Crippen LogP contribution >= 0.6 is 11.3 Å². The molecule has 1 aliphatic heterocycles. The molecule has 4 atom stereocenters. The summed E-state index contributed by atoms with van der Waals surface area (Å²) >= 11 is 1.60. The van der Waals surface area contributed by atoms with Crippen molar-refractivity contribution in [3.05, 3.63) is 83.8 Å². The fourth-order valence-corrected chi connectivity index (χ4v) is 6.16. The van der Waals surface area contributed by atoms with Gasteiger partial charge in [0.1, 0.15) is 12.1 Å². The third-order valence-electron chi connectivity index (χ3n) is 7.52. The Balaban J connectivity index is 1.30. The lowest BCUT2D eigenvalue weighted by Gasteiger charge is -2.30. The molecule has 0 bridgehead atoms. The molecule has 3 heterocycles. The minimum absolute atomic E-state index is 0.0721. The molecule has 8 nitrogen and oxygen atoms in total. The number of aromatic nitrogens is 3. The Labute approximate surface area is 238 Å². The second kappa shape index (κ2) is 11.7. The van der Waals surface area contributed by atoms with E-state index in [2.05, 4.69) is 15.4 Å². The lowest BCUT2D eigenvalue weighted by molar-refractivity contribution is -0.142. The number of nitrogens with zero attached hydrogens (tertiary/aromatic N) is 4. The van der Waals surface area contributed by atoms with Gasteiger partial charge in [0.05, 0.1) is 34.4 Å². The number of rotatable bonds is 8. The Hall–Kier alpha value is -3.82. The number of β-amino-alcohol motifs (C(OH)–C–C–N with tert-alkyl or cyclic N) is 1. The first-order valence-electron chi connectivity index (χ1n) is 13.6. The summed E-state index contributed by atoms with van der Waals surface area (Å²) in [6, 6.07) is 16.3. The fraction of sp³-hybridized carbons (Fsp3) is 0.355. The largest absolute Gasteiger partial charge is 0.391 e. The van der Waals surface area contributed by atoms with Gasteiger partial charge in [-0.3, -0.25) is 14.3 Å². The Bertz CT molecular complexity index is 1460. The van der Waals surface area contributed by atoms with Gasteiger partial charge < -0.3 is 15.3 Å². The molecule has 0 unspecified atom stereocenters. The summed E-state index contributed by atoms with van der Waals surface area (Å²) in [5.74, 6) is -0.559. The monoisotopic (exact) mass is 557 g/mol. The average molecular weight is 558 g/mol. The highest BCUT2D eigenvalue weighted by Crippen LogP contribution is 2.30. The molecule has 1 fully saturated rings. The van der Waals surface area contributed by atoms with E-state index in [0.29, 0.717) is 0 Å². The zero-order valence-electron chi connectivity index (χ0n) is 23.2. The predicted octanol–water partition coefficient (Wildman–Crippen LogP) is 5.02. The highest BCUT2D eigenvalue weighted by atomic mass is 32.1. The molecule has 2 amide bonds. The molecule has 0 saturated carbocycles. The molecule has 2 aromatic heterocycles. The van der Waals surface area contributed by atoms with Gasteiger partial charge in [-0.2, -0.15) is 5.10 Å². The number of benzene rings is 2. The van der Waals surface area contributed by atoms with Crippen LogP contribution in [0.15, 0.2) is 72.5 Å². The van der Waals surface area contributed by atoms with E-state index in [9.17, 15) is 14.7 Å². The molecule has 5 rings (SSSR count). The van der Waals surface area contributed by atoms with Crippen molar-refractivity contribution in [3.63, 3.8) is 0 Å². The predicted molar refractivity (Wildman–Crippen MR) is 157 cm³/mol. The number of aliphatic hydroxyl groups excluding tert-OH is 1. The van der Waals surface area contributed by atoms with Gasteiger partial charge in [0.25, 0.3) is 0 Å². The van der Waals surface area contributed by atoms with E-state index in [-0.39, 0.29) is 36.7 Å². The first-order chi connectivity index (χ1) is 19.2. The highest BCUT2D eigenvalue weighted by Gasteiger charge is 2.42. The van der Waals surface area contributed by atoms with Crippen LogP contribution in [-0.2, 0) is 9.59 Å². The van der Waals surface area contributed by atoms with E-state index in [1.54, 1.807) is 22.2 Å². The van der Waals surface area contributed by atoms with Crippen LogP contribution in [0.25, 0.3) is 21.6 Å². The Morgan fingerprint density at radius 2 is 1.75 bits per heavy atom. The number of likely N-dealkylation sites (tertiary alicyclic amines) is 1. The summed E-state index contributed by atoms with van der Waals surface area (Å²) < 4.78 is 1.68. The van der Waals surface area contributed by atoms with Gasteiger partial charge in [0.2, 0.25) is 11.8 Å². The quantitative estimate of drug-likeness (QED) is 0.317. The zero-order valence-corrected chi connectivity index (χ0v) is 24.0. The van der Waals surface area contributed by atoms with Crippen molar-refractivity contribution in [2.24, 2.45) is 5.92 Å². The normalized spacial score (nSPS) is 18.6. The number of hydrogen-bond acceptors (Lipinski definition) is 6. The van der Waals surface area contributed by atoms with Crippen LogP contribution in [0.1, 0.15) is 50.5 Å². The fourth-order valence-electron chi connectivity index (χ4n) is 5.34. The van der Waals surface area contributed by atoms with Gasteiger partial charge in [-0.05, 0) is 36.5 Å². The molecule has 9 heteroatoms. The first-order valence-corrected chi connectivity index (χ1v) is 14.5. The van der Waals surface area contributed by atoms with E-state index < -0.39 is 18.2 Å². The molecular formula is C31H35N5O3S. The Kier molecular flexibility index (Phi) is 8.14. The SMILES string of the molecule is Cc1ncsc1-c1ccc([C@H](C)NC(=O)[C@@H]2C[C@@H](O)CN2C(=O)[C@H](C(C)C)n2cc(-c3ccccc3)cn2)cc1. The number of carbonyl (C=O) groups is 2. The maximum atomic E-state index is 13.9. The Morgan fingerprint density at radius 3 is 2.40 bits per heavy atom. The lowest BCUT2D eigenvalue weighted by atomic mass is 10.0. The van der Waals surface area contributed by atoms with Gasteiger partial charge in [-0.25, -0.2) is 4.98 Å². The second-order valence-electron chi connectivity index (χ2n) is 10.8. The van der Waals surface area contributed by atoms with Crippen molar-refractivity contribution < 1.29 is 14.7 Å². The van der Waals surface area contributed by atoms with Crippen molar-refractivity contribution in [1.82, 2.24) is 25.0 Å². The summed E-state index contributed by atoms with van der Waals surface area (Å²) in [6.07, 6.45) is 3.07. The molecule has 1 saturated heterocycles. The number of nitrogens with one attached hydrogen (secondary N) is 1. The molecule has 40 heavy (non-hydrogen) atoms. The van der Waals surface area contributed by atoms with Crippen LogP contribution in [0, 0.1) is 12.8 Å². The molecule has 1 aliphatic rings. The molecule has 4 aromatic rings. The summed E-state index contributed by atoms with van der Waals surface area (Å²) in [7, 11) is 0. The third-order valence-corrected chi connectivity index (χ3v) is 8.50. The standard InChI is InChI=1S/C31H35N5O3S/c1-19(2)28(36-16-25(15-33-36)23-8-6-5-7-9-23)31(39)35-17-26(37)14-27(35)30(38)34-20(3)22-10-12-24(13-11-22)29-21(4)32-18-40-29/h5-13,15-16,18-20,26-28,37H,14,17H2,1-4H3,(H,34,38)/t20-,26+,27-,28-/m0/s1. The number of aryl methyl sites for hydroxylation is 1. The average Bonchev–Trinajstić information content (AvgIpc) is 3.69. The van der Waals surface area contributed by atoms with Crippen LogP contribution in [0.4, 0.5) is 0 Å². The van der Waals surface area contributed by atoms with Crippen molar-refractivity contribution in [1.29, 1.82) is 0 Å². The van der Waals surface area contributed by atoms with E-state index in [1.807, 2.05) is 94.0 Å². The van der Waals surface area contributed by atoms with Gasteiger partial charge in [0.15, 0.2) is 0 Å². The third kappa shape index (κ3) is 5.71. The molecule has 0 radical (unpaired) electrons. The van der Waals surface area contributed by atoms with Crippen LogP contribution in [0.5, 0.6) is 0 Å². The number of thiazole rings is 1. The zero-order chi connectivity index (χ0) is 28.4. The molecule has 2 N–H and O–H groups in total. The van der Waals surface area contributed by atoms with Gasteiger partial charge in [-0.1, -0.05) is 68.4 Å². The van der Waals surface area contributed by atoms with Gasteiger partial charge >= 0.3 is 0 Å². The smallest absolute Gasteiger partial charge is 0.248 e.